The van der Waals surface area contributed by atoms with Crippen LogP contribution in [0.3, 0.4) is 0 Å². The van der Waals surface area contributed by atoms with Gasteiger partial charge < -0.3 is 10.5 Å². The first-order chi connectivity index (χ1) is 7.74. The Kier molecular flexibility index (Phi) is 4.26. The Morgan fingerprint density at radius 2 is 1.69 bits per heavy atom. The number of hydrogen-bond acceptors (Lipinski definition) is 2. The third-order valence-corrected chi connectivity index (χ3v) is 4.67. The molecule has 0 bridgehead atoms. The average molecular weight is 225 g/mol. The van der Waals surface area contributed by atoms with Gasteiger partial charge in [-0.1, -0.05) is 19.3 Å². The molecular formula is C14H27NO. The molecule has 0 aliphatic heterocycles. The maximum atomic E-state index is 6.61. The van der Waals surface area contributed by atoms with Gasteiger partial charge in [0.2, 0.25) is 0 Å². The number of ether oxygens (including phenoxy) is 1. The van der Waals surface area contributed by atoms with E-state index in [1.54, 1.807) is 0 Å². The topological polar surface area (TPSA) is 35.2 Å². The fourth-order valence-electron chi connectivity index (χ4n) is 3.66. The predicted molar refractivity (Wildman–Crippen MR) is 67.4 cm³/mol. The molecule has 16 heavy (non-hydrogen) atoms. The molecule has 0 radical (unpaired) electrons. The van der Waals surface area contributed by atoms with Gasteiger partial charge in [-0.25, -0.2) is 0 Å². The lowest BCUT2D eigenvalue weighted by Crippen LogP contribution is -2.50. The summed E-state index contributed by atoms with van der Waals surface area (Å²) < 4.78 is 5.71. The lowest BCUT2D eigenvalue weighted by Gasteiger charge is -2.43. The molecule has 0 atom stereocenters. The largest absolute Gasteiger partial charge is 0.379 e. The SMILES string of the molecule is CCOC1CCC(C2(N)CCCCC2)CC1. The Bertz CT molecular complexity index is 203. The Morgan fingerprint density at radius 3 is 2.25 bits per heavy atom. The Balaban J connectivity index is 1.83. The summed E-state index contributed by atoms with van der Waals surface area (Å²) >= 11 is 0. The van der Waals surface area contributed by atoms with Crippen molar-refractivity contribution in [2.75, 3.05) is 6.61 Å². The zero-order valence-electron chi connectivity index (χ0n) is 10.7. The molecule has 2 nitrogen and oxygen atoms in total. The summed E-state index contributed by atoms with van der Waals surface area (Å²) in [6, 6.07) is 0. The van der Waals surface area contributed by atoms with E-state index in [1.165, 1.54) is 57.8 Å². The number of rotatable bonds is 3. The highest BCUT2D eigenvalue weighted by Gasteiger charge is 2.38. The maximum absolute atomic E-state index is 6.61. The van der Waals surface area contributed by atoms with Gasteiger partial charge in [0.25, 0.3) is 0 Å². The van der Waals surface area contributed by atoms with Crippen LogP contribution in [0.1, 0.15) is 64.7 Å². The van der Waals surface area contributed by atoms with Gasteiger partial charge >= 0.3 is 0 Å². The maximum Gasteiger partial charge on any atom is 0.0575 e. The van der Waals surface area contributed by atoms with E-state index >= 15 is 0 Å². The normalized spacial score (nSPS) is 34.9. The van der Waals surface area contributed by atoms with Gasteiger partial charge in [0.1, 0.15) is 0 Å². The van der Waals surface area contributed by atoms with Crippen molar-refractivity contribution in [2.45, 2.75) is 76.4 Å². The highest BCUT2D eigenvalue weighted by molar-refractivity contribution is 4.95. The molecule has 0 heterocycles. The van der Waals surface area contributed by atoms with Crippen molar-refractivity contribution in [3.8, 4) is 0 Å². The van der Waals surface area contributed by atoms with Crippen LogP contribution < -0.4 is 5.73 Å². The smallest absolute Gasteiger partial charge is 0.0575 e. The van der Waals surface area contributed by atoms with E-state index in [0.29, 0.717) is 6.10 Å². The molecule has 0 saturated heterocycles. The quantitative estimate of drug-likeness (QED) is 0.800. The molecular weight excluding hydrogens is 198 g/mol. The average Bonchev–Trinajstić information content (AvgIpc) is 2.31. The van der Waals surface area contributed by atoms with E-state index in [0.717, 1.165) is 12.5 Å². The van der Waals surface area contributed by atoms with Crippen molar-refractivity contribution in [3.63, 3.8) is 0 Å². The number of nitrogens with two attached hydrogens (primary N) is 1. The van der Waals surface area contributed by atoms with Crippen LogP contribution in [0.5, 0.6) is 0 Å². The molecule has 2 heteroatoms. The fourth-order valence-corrected chi connectivity index (χ4v) is 3.66. The standard InChI is InChI=1S/C14H27NO/c1-2-16-13-8-6-12(7-9-13)14(15)10-4-3-5-11-14/h12-13H,2-11,15H2,1H3. The van der Waals surface area contributed by atoms with Crippen LogP contribution in [0.4, 0.5) is 0 Å². The highest BCUT2D eigenvalue weighted by Crippen LogP contribution is 2.40. The molecule has 2 N–H and O–H groups in total. The van der Waals surface area contributed by atoms with E-state index in [4.69, 9.17) is 10.5 Å². The van der Waals surface area contributed by atoms with E-state index in [9.17, 15) is 0 Å². The molecule has 2 saturated carbocycles. The fraction of sp³-hybridized carbons (Fsp3) is 1.00. The third-order valence-electron chi connectivity index (χ3n) is 4.67. The minimum Gasteiger partial charge on any atom is -0.379 e. The van der Waals surface area contributed by atoms with Crippen molar-refractivity contribution < 1.29 is 4.74 Å². The van der Waals surface area contributed by atoms with Crippen LogP contribution in [0.2, 0.25) is 0 Å². The minimum atomic E-state index is 0.176. The second-order valence-corrected chi connectivity index (χ2v) is 5.72. The first kappa shape index (κ1) is 12.4. The van der Waals surface area contributed by atoms with Gasteiger partial charge in [0.15, 0.2) is 0 Å². The molecule has 2 aliphatic carbocycles. The summed E-state index contributed by atoms with van der Waals surface area (Å²) in [6.07, 6.45) is 12.2. The van der Waals surface area contributed by atoms with Crippen molar-refractivity contribution >= 4 is 0 Å². The van der Waals surface area contributed by atoms with Gasteiger partial charge in [-0.3, -0.25) is 0 Å². The van der Waals surface area contributed by atoms with Crippen LogP contribution in [0, 0.1) is 5.92 Å². The van der Waals surface area contributed by atoms with Gasteiger partial charge in [0.05, 0.1) is 6.10 Å². The Hall–Kier alpha value is -0.0800. The zero-order valence-corrected chi connectivity index (χ0v) is 10.7. The summed E-state index contributed by atoms with van der Waals surface area (Å²) in [5, 5.41) is 0. The van der Waals surface area contributed by atoms with Crippen molar-refractivity contribution in [1.82, 2.24) is 0 Å². The van der Waals surface area contributed by atoms with Gasteiger partial charge in [-0.05, 0) is 51.4 Å². The number of hydrogen-bond donors (Lipinski definition) is 1. The van der Waals surface area contributed by atoms with Crippen LogP contribution >= 0.6 is 0 Å². The molecule has 0 aromatic carbocycles. The first-order valence-corrected chi connectivity index (χ1v) is 7.15. The summed E-state index contributed by atoms with van der Waals surface area (Å²) in [4.78, 5) is 0. The van der Waals surface area contributed by atoms with E-state index in [2.05, 4.69) is 6.92 Å². The lowest BCUT2D eigenvalue weighted by atomic mass is 9.68. The zero-order chi connectivity index (χ0) is 11.4. The summed E-state index contributed by atoms with van der Waals surface area (Å²) in [6.45, 7) is 2.96. The van der Waals surface area contributed by atoms with Crippen LogP contribution in [0.15, 0.2) is 0 Å². The first-order valence-electron chi connectivity index (χ1n) is 7.15. The molecule has 0 aromatic rings. The van der Waals surface area contributed by atoms with E-state index in [1.807, 2.05) is 0 Å². The van der Waals surface area contributed by atoms with Crippen molar-refractivity contribution in [3.05, 3.63) is 0 Å². The summed E-state index contributed by atoms with van der Waals surface area (Å²) in [7, 11) is 0. The lowest BCUT2D eigenvalue weighted by molar-refractivity contribution is 0.0104. The third kappa shape index (κ3) is 2.78. The second-order valence-electron chi connectivity index (χ2n) is 5.72. The van der Waals surface area contributed by atoms with Crippen LogP contribution in [0.25, 0.3) is 0 Å². The summed E-state index contributed by atoms with van der Waals surface area (Å²) in [5.74, 6) is 0.768. The molecule has 2 rings (SSSR count). The van der Waals surface area contributed by atoms with Crippen LogP contribution in [-0.4, -0.2) is 18.2 Å². The molecule has 94 valence electrons. The van der Waals surface area contributed by atoms with Gasteiger partial charge in [-0.2, -0.15) is 0 Å². The van der Waals surface area contributed by atoms with Crippen molar-refractivity contribution in [2.24, 2.45) is 11.7 Å². The summed E-state index contributed by atoms with van der Waals surface area (Å²) in [5.41, 5.74) is 6.79. The van der Waals surface area contributed by atoms with E-state index < -0.39 is 0 Å². The molecule has 0 amide bonds. The van der Waals surface area contributed by atoms with E-state index in [-0.39, 0.29) is 5.54 Å². The molecule has 0 aromatic heterocycles. The molecule has 0 spiro atoms. The monoisotopic (exact) mass is 225 g/mol. The van der Waals surface area contributed by atoms with Crippen molar-refractivity contribution in [1.29, 1.82) is 0 Å². The molecule has 2 fully saturated rings. The Labute approximate surface area is 99.9 Å². The van der Waals surface area contributed by atoms with Crippen LogP contribution in [-0.2, 0) is 4.74 Å². The second kappa shape index (κ2) is 5.50. The van der Waals surface area contributed by atoms with Gasteiger partial charge in [-0.15, -0.1) is 0 Å². The molecule has 0 unspecified atom stereocenters. The Morgan fingerprint density at radius 1 is 1.06 bits per heavy atom. The minimum absolute atomic E-state index is 0.176. The molecule has 2 aliphatic rings. The predicted octanol–water partition coefficient (Wildman–Crippen LogP) is 3.24. The van der Waals surface area contributed by atoms with Gasteiger partial charge in [0, 0.05) is 12.1 Å². The highest BCUT2D eigenvalue weighted by atomic mass is 16.5.